The smallest absolute Gasteiger partial charge is 0.165 e. The van der Waals surface area contributed by atoms with Gasteiger partial charge < -0.3 is 4.74 Å². The lowest BCUT2D eigenvalue weighted by Crippen LogP contribution is -2.22. The fourth-order valence-electron chi connectivity index (χ4n) is 1.35. The Morgan fingerprint density at radius 3 is 2.88 bits per heavy atom. The summed E-state index contributed by atoms with van der Waals surface area (Å²) in [6, 6.07) is 3.99. The molecule has 2 nitrogen and oxygen atoms in total. The molecule has 0 aliphatic heterocycles. The normalized spacial score (nSPS) is 12.5. The molecule has 1 atom stereocenters. The largest absolute Gasteiger partial charge is 0.371 e. The first-order valence-corrected chi connectivity index (χ1v) is 5.50. The SMILES string of the molecule is CCOC(C)C(=O)Cc1cc(F)ccc1Cl. The van der Waals surface area contributed by atoms with Crippen LogP contribution in [-0.2, 0) is 16.0 Å². The van der Waals surface area contributed by atoms with Crippen LogP contribution in [0.1, 0.15) is 19.4 Å². The van der Waals surface area contributed by atoms with Gasteiger partial charge in [-0.05, 0) is 37.6 Å². The molecular weight excluding hydrogens is 231 g/mol. The summed E-state index contributed by atoms with van der Waals surface area (Å²) in [5.41, 5.74) is 0.498. The van der Waals surface area contributed by atoms with Crippen LogP contribution in [0.2, 0.25) is 5.02 Å². The van der Waals surface area contributed by atoms with Crippen molar-refractivity contribution in [1.29, 1.82) is 0 Å². The van der Waals surface area contributed by atoms with Gasteiger partial charge in [-0.1, -0.05) is 11.6 Å². The second kappa shape index (κ2) is 5.97. The lowest BCUT2D eigenvalue weighted by molar-refractivity contribution is -0.128. The van der Waals surface area contributed by atoms with Gasteiger partial charge in [-0.15, -0.1) is 0 Å². The molecule has 0 bridgehead atoms. The molecule has 0 fully saturated rings. The maximum atomic E-state index is 12.9. The van der Waals surface area contributed by atoms with Gasteiger partial charge in [0, 0.05) is 18.1 Å². The first-order chi connectivity index (χ1) is 7.54. The van der Waals surface area contributed by atoms with Crippen molar-refractivity contribution in [2.24, 2.45) is 0 Å². The molecular formula is C12H14ClFO2. The van der Waals surface area contributed by atoms with Crippen LogP contribution in [0.4, 0.5) is 4.39 Å². The molecule has 4 heteroatoms. The molecule has 16 heavy (non-hydrogen) atoms. The zero-order chi connectivity index (χ0) is 12.1. The van der Waals surface area contributed by atoms with E-state index < -0.39 is 11.9 Å². The van der Waals surface area contributed by atoms with Gasteiger partial charge in [0.05, 0.1) is 0 Å². The summed E-state index contributed by atoms with van der Waals surface area (Å²) in [4.78, 5) is 11.7. The van der Waals surface area contributed by atoms with E-state index in [9.17, 15) is 9.18 Å². The van der Waals surface area contributed by atoms with Crippen molar-refractivity contribution in [3.05, 3.63) is 34.6 Å². The highest BCUT2D eigenvalue weighted by Gasteiger charge is 2.15. The first kappa shape index (κ1) is 13.1. The van der Waals surface area contributed by atoms with Crippen LogP contribution in [0.15, 0.2) is 18.2 Å². The van der Waals surface area contributed by atoms with E-state index >= 15 is 0 Å². The Morgan fingerprint density at radius 1 is 1.56 bits per heavy atom. The van der Waals surface area contributed by atoms with Crippen LogP contribution in [0.25, 0.3) is 0 Å². The quantitative estimate of drug-likeness (QED) is 0.796. The summed E-state index contributed by atoms with van der Waals surface area (Å²) < 4.78 is 18.1. The highest BCUT2D eigenvalue weighted by Crippen LogP contribution is 2.18. The van der Waals surface area contributed by atoms with E-state index in [-0.39, 0.29) is 12.2 Å². The minimum Gasteiger partial charge on any atom is -0.371 e. The zero-order valence-corrected chi connectivity index (χ0v) is 10.1. The van der Waals surface area contributed by atoms with Gasteiger partial charge in [0.2, 0.25) is 0 Å². The van der Waals surface area contributed by atoms with Crippen molar-refractivity contribution < 1.29 is 13.9 Å². The summed E-state index contributed by atoms with van der Waals surface area (Å²) in [5.74, 6) is -0.495. The van der Waals surface area contributed by atoms with Crippen LogP contribution < -0.4 is 0 Å². The number of benzene rings is 1. The molecule has 1 rings (SSSR count). The predicted octanol–water partition coefficient (Wildman–Crippen LogP) is 3.02. The molecule has 0 heterocycles. The summed E-state index contributed by atoms with van der Waals surface area (Å²) in [5, 5.41) is 0.401. The van der Waals surface area contributed by atoms with Crippen LogP contribution in [0, 0.1) is 5.82 Å². The van der Waals surface area contributed by atoms with Crippen molar-refractivity contribution in [2.75, 3.05) is 6.61 Å². The van der Waals surface area contributed by atoms with E-state index in [0.29, 0.717) is 17.2 Å². The zero-order valence-electron chi connectivity index (χ0n) is 9.30. The van der Waals surface area contributed by atoms with E-state index in [4.69, 9.17) is 16.3 Å². The van der Waals surface area contributed by atoms with Crippen LogP contribution in [-0.4, -0.2) is 18.5 Å². The third-order valence-electron chi connectivity index (χ3n) is 2.24. The number of carbonyl (C=O) groups excluding carboxylic acids is 1. The molecule has 0 aliphatic rings. The Hall–Kier alpha value is -0.930. The first-order valence-electron chi connectivity index (χ1n) is 5.12. The summed E-state index contributed by atoms with van der Waals surface area (Å²) >= 11 is 5.86. The summed E-state index contributed by atoms with van der Waals surface area (Å²) in [7, 11) is 0. The Labute approximate surface area is 99.4 Å². The number of carbonyl (C=O) groups is 1. The van der Waals surface area contributed by atoms with Gasteiger partial charge in [-0.25, -0.2) is 4.39 Å². The fourth-order valence-corrected chi connectivity index (χ4v) is 1.54. The van der Waals surface area contributed by atoms with E-state index in [1.807, 2.05) is 6.92 Å². The molecule has 0 aromatic heterocycles. The van der Waals surface area contributed by atoms with Crippen LogP contribution in [0.5, 0.6) is 0 Å². The number of hydrogen-bond acceptors (Lipinski definition) is 2. The molecule has 0 aliphatic carbocycles. The van der Waals surface area contributed by atoms with Gasteiger partial charge >= 0.3 is 0 Å². The van der Waals surface area contributed by atoms with Crippen LogP contribution >= 0.6 is 11.6 Å². The number of hydrogen-bond donors (Lipinski definition) is 0. The number of halogens is 2. The standard InChI is InChI=1S/C12H14ClFO2/c1-3-16-8(2)12(15)7-9-6-10(14)4-5-11(9)13/h4-6,8H,3,7H2,1-2H3. The Bertz CT molecular complexity index is 379. The third kappa shape index (κ3) is 3.58. The Morgan fingerprint density at radius 2 is 2.25 bits per heavy atom. The van der Waals surface area contributed by atoms with Crippen molar-refractivity contribution >= 4 is 17.4 Å². The summed E-state index contributed by atoms with van der Waals surface area (Å²) in [6.07, 6.45) is -0.387. The highest BCUT2D eigenvalue weighted by molar-refractivity contribution is 6.31. The van der Waals surface area contributed by atoms with Crippen molar-refractivity contribution in [3.63, 3.8) is 0 Å². The average Bonchev–Trinajstić information content (AvgIpc) is 2.23. The summed E-state index contributed by atoms with van der Waals surface area (Å²) in [6.45, 7) is 3.97. The molecule has 1 aromatic rings. The molecule has 1 unspecified atom stereocenters. The van der Waals surface area contributed by atoms with Crippen LogP contribution in [0.3, 0.4) is 0 Å². The molecule has 88 valence electrons. The van der Waals surface area contributed by atoms with Gasteiger partial charge in [-0.2, -0.15) is 0 Å². The fraction of sp³-hybridized carbons (Fsp3) is 0.417. The van der Waals surface area contributed by atoms with Crippen molar-refractivity contribution in [1.82, 2.24) is 0 Å². The molecule has 0 saturated heterocycles. The molecule has 0 radical (unpaired) electrons. The molecule has 0 saturated carbocycles. The number of ether oxygens (including phenoxy) is 1. The minimum absolute atomic E-state index is 0.0950. The lowest BCUT2D eigenvalue weighted by atomic mass is 10.1. The number of ketones is 1. The second-order valence-corrected chi connectivity index (χ2v) is 3.88. The molecule has 0 N–H and O–H groups in total. The Balaban J connectivity index is 2.72. The molecule has 0 amide bonds. The van der Waals surface area contributed by atoms with Gasteiger partial charge in [0.1, 0.15) is 11.9 Å². The van der Waals surface area contributed by atoms with Gasteiger partial charge in [0.25, 0.3) is 0 Å². The topological polar surface area (TPSA) is 26.3 Å². The second-order valence-electron chi connectivity index (χ2n) is 3.48. The Kier molecular flexibility index (Phi) is 4.90. The maximum Gasteiger partial charge on any atom is 0.165 e. The number of Topliss-reactive ketones (excluding diaryl/α,β-unsaturated/α-hetero) is 1. The van der Waals surface area contributed by atoms with E-state index in [2.05, 4.69) is 0 Å². The lowest BCUT2D eigenvalue weighted by Gasteiger charge is -2.11. The number of rotatable bonds is 5. The van der Waals surface area contributed by atoms with Gasteiger partial charge in [0.15, 0.2) is 5.78 Å². The van der Waals surface area contributed by atoms with E-state index in [1.165, 1.54) is 18.2 Å². The monoisotopic (exact) mass is 244 g/mol. The highest BCUT2D eigenvalue weighted by atomic mass is 35.5. The van der Waals surface area contributed by atoms with Gasteiger partial charge in [-0.3, -0.25) is 4.79 Å². The van der Waals surface area contributed by atoms with E-state index in [0.717, 1.165) is 0 Å². The minimum atomic E-state index is -0.482. The molecule has 1 aromatic carbocycles. The predicted molar refractivity (Wildman–Crippen MR) is 61.2 cm³/mol. The average molecular weight is 245 g/mol. The van der Waals surface area contributed by atoms with E-state index in [1.54, 1.807) is 6.92 Å². The van der Waals surface area contributed by atoms with Crippen molar-refractivity contribution in [3.8, 4) is 0 Å². The maximum absolute atomic E-state index is 12.9. The third-order valence-corrected chi connectivity index (χ3v) is 2.61. The molecule has 0 spiro atoms. The van der Waals surface area contributed by atoms with Crippen molar-refractivity contribution in [2.45, 2.75) is 26.4 Å².